The van der Waals surface area contributed by atoms with Gasteiger partial charge in [-0.3, -0.25) is 4.98 Å². The van der Waals surface area contributed by atoms with Gasteiger partial charge in [0.05, 0.1) is 5.52 Å². The molecular weight excluding hydrogens is 460 g/mol. The average Bonchev–Trinajstić information content (AvgIpc) is 3.33. The number of fused-ring (bicyclic) bond motifs is 2. The van der Waals surface area contributed by atoms with Crippen molar-refractivity contribution in [2.75, 3.05) is 0 Å². The molecule has 36 heavy (non-hydrogen) atoms. The van der Waals surface area contributed by atoms with Crippen molar-refractivity contribution < 1.29 is 4.42 Å². The molecule has 0 atom stereocenters. The maximum atomic E-state index is 6.26. The molecule has 6 aromatic rings. The SMILES string of the molecule is CC(C)(C)c1cc(-c2cccc(-c3nc4c(-c5ccccc5S)cccc4o3)c2)c2ncccc2c1. The maximum absolute atomic E-state index is 6.26. The molecule has 0 bridgehead atoms. The van der Waals surface area contributed by atoms with Gasteiger partial charge < -0.3 is 4.42 Å². The van der Waals surface area contributed by atoms with Crippen molar-refractivity contribution in [2.45, 2.75) is 31.1 Å². The van der Waals surface area contributed by atoms with E-state index in [2.05, 4.69) is 81.9 Å². The highest BCUT2D eigenvalue weighted by atomic mass is 32.1. The number of benzene rings is 4. The predicted octanol–water partition coefficient (Wildman–Crippen LogP) is 8.96. The Bertz CT molecular complexity index is 1740. The fourth-order valence-electron chi connectivity index (χ4n) is 4.66. The zero-order chi connectivity index (χ0) is 24.9. The van der Waals surface area contributed by atoms with Crippen molar-refractivity contribution in [1.82, 2.24) is 9.97 Å². The summed E-state index contributed by atoms with van der Waals surface area (Å²) >= 11 is 4.66. The average molecular weight is 487 g/mol. The molecule has 0 radical (unpaired) electrons. The van der Waals surface area contributed by atoms with E-state index < -0.39 is 0 Å². The smallest absolute Gasteiger partial charge is 0.227 e. The Morgan fingerprint density at radius 1 is 0.694 bits per heavy atom. The third-order valence-corrected chi connectivity index (χ3v) is 6.99. The van der Waals surface area contributed by atoms with Gasteiger partial charge in [0, 0.05) is 33.2 Å². The second-order valence-corrected chi connectivity index (χ2v) is 10.6. The fraction of sp³-hybridized carbons (Fsp3) is 0.125. The zero-order valence-corrected chi connectivity index (χ0v) is 21.4. The Hall–Kier alpha value is -3.89. The van der Waals surface area contributed by atoms with Crippen molar-refractivity contribution in [2.24, 2.45) is 0 Å². The minimum Gasteiger partial charge on any atom is -0.436 e. The van der Waals surface area contributed by atoms with Crippen LogP contribution in [0.5, 0.6) is 0 Å². The van der Waals surface area contributed by atoms with Crippen LogP contribution in [0.15, 0.2) is 107 Å². The molecule has 0 aliphatic carbocycles. The first kappa shape index (κ1) is 22.6. The summed E-state index contributed by atoms with van der Waals surface area (Å²) in [6.07, 6.45) is 1.86. The molecule has 0 unspecified atom stereocenters. The molecule has 0 fully saturated rings. The number of hydrogen-bond acceptors (Lipinski definition) is 4. The van der Waals surface area contributed by atoms with Crippen LogP contribution in [0.2, 0.25) is 0 Å². The Morgan fingerprint density at radius 2 is 1.47 bits per heavy atom. The van der Waals surface area contributed by atoms with E-state index in [0.29, 0.717) is 5.89 Å². The van der Waals surface area contributed by atoms with Crippen LogP contribution >= 0.6 is 12.6 Å². The van der Waals surface area contributed by atoms with E-state index in [-0.39, 0.29) is 5.41 Å². The summed E-state index contributed by atoms with van der Waals surface area (Å²) in [7, 11) is 0. The second kappa shape index (κ2) is 8.65. The summed E-state index contributed by atoms with van der Waals surface area (Å²) in [5.41, 5.74) is 9.07. The summed E-state index contributed by atoms with van der Waals surface area (Å²) in [6.45, 7) is 6.72. The van der Waals surface area contributed by atoms with Crippen molar-refractivity contribution in [3.63, 3.8) is 0 Å². The molecule has 4 heteroatoms. The highest BCUT2D eigenvalue weighted by molar-refractivity contribution is 7.80. The molecule has 0 saturated carbocycles. The lowest BCUT2D eigenvalue weighted by Gasteiger charge is -2.21. The first-order chi connectivity index (χ1) is 17.4. The molecule has 176 valence electrons. The Labute approximate surface area is 216 Å². The molecule has 0 aliphatic rings. The van der Waals surface area contributed by atoms with Gasteiger partial charge in [-0.1, -0.05) is 69.3 Å². The zero-order valence-electron chi connectivity index (χ0n) is 20.5. The minimum absolute atomic E-state index is 0.0242. The van der Waals surface area contributed by atoms with Crippen molar-refractivity contribution in [3.05, 3.63) is 103 Å². The Balaban J connectivity index is 1.50. The number of rotatable bonds is 3. The lowest BCUT2D eigenvalue weighted by molar-refractivity contribution is 0.591. The highest BCUT2D eigenvalue weighted by Crippen LogP contribution is 2.37. The Kier molecular flexibility index (Phi) is 5.42. The molecule has 6 rings (SSSR count). The van der Waals surface area contributed by atoms with E-state index in [1.807, 2.05) is 48.7 Å². The van der Waals surface area contributed by atoms with Crippen molar-refractivity contribution in [3.8, 4) is 33.7 Å². The summed E-state index contributed by atoms with van der Waals surface area (Å²) in [6, 6.07) is 31.1. The van der Waals surface area contributed by atoms with Crippen LogP contribution in [0.25, 0.3) is 55.7 Å². The van der Waals surface area contributed by atoms with Crippen LogP contribution in [0, 0.1) is 0 Å². The first-order valence-corrected chi connectivity index (χ1v) is 12.5. The quantitative estimate of drug-likeness (QED) is 0.254. The minimum atomic E-state index is 0.0242. The van der Waals surface area contributed by atoms with Crippen molar-refractivity contribution >= 4 is 34.6 Å². The third kappa shape index (κ3) is 3.98. The molecule has 0 saturated heterocycles. The van der Waals surface area contributed by atoms with Crippen molar-refractivity contribution in [1.29, 1.82) is 0 Å². The first-order valence-electron chi connectivity index (χ1n) is 12.1. The molecule has 0 aliphatic heterocycles. The number of oxazole rings is 1. The van der Waals surface area contributed by atoms with Gasteiger partial charge in [0.1, 0.15) is 5.52 Å². The second-order valence-electron chi connectivity index (χ2n) is 10.1. The number of hydrogen-bond donors (Lipinski definition) is 1. The monoisotopic (exact) mass is 486 g/mol. The number of aromatic nitrogens is 2. The van der Waals surface area contributed by atoms with Crippen LogP contribution in [-0.2, 0) is 5.41 Å². The molecule has 3 nitrogen and oxygen atoms in total. The van der Waals surface area contributed by atoms with Crippen LogP contribution in [0.1, 0.15) is 26.3 Å². The van der Waals surface area contributed by atoms with E-state index in [4.69, 9.17) is 14.4 Å². The third-order valence-electron chi connectivity index (χ3n) is 6.60. The lowest BCUT2D eigenvalue weighted by Crippen LogP contribution is -2.11. The van der Waals surface area contributed by atoms with Crippen LogP contribution in [0.3, 0.4) is 0 Å². The van der Waals surface area contributed by atoms with Crippen LogP contribution in [0.4, 0.5) is 0 Å². The summed E-state index contributed by atoms with van der Waals surface area (Å²) in [5, 5.41) is 1.14. The van der Waals surface area contributed by atoms with Gasteiger partial charge in [0.15, 0.2) is 5.58 Å². The molecule has 2 heterocycles. The number of nitrogens with zero attached hydrogens (tertiary/aromatic N) is 2. The summed E-state index contributed by atoms with van der Waals surface area (Å²) < 4.78 is 6.26. The summed E-state index contributed by atoms with van der Waals surface area (Å²) in [4.78, 5) is 10.6. The topological polar surface area (TPSA) is 38.9 Å². The molecule has 4 aromatic carbocycles. The van der Waals surface area contributed by atoms with E-state index in [0.717, 1.165) is 54.7 Å². The molecule has 0 N–H and O–H groups in total. The predicted molar refractivity (Wildman–Crippen MR) is 152 cm³/mol. The van der Waals surface area contributed by atoms with E-state index in [9.17, 15) is 0 Å². The van der Waals surface area contributed by atoms with Gasteiger partial charge in [0.25, 0.3) is 0 Å². The lowest BCUT2D eigenvalue weighted by atomic mass is 9.84. The van der Waals surface area contributed by atoms with Gasteiger partial charge in [-0.25, -0.2) is 4.98 Å². The maximum Gasteiger partial charge on any atom is 0.227 e. The van der Waals surface area contributed by atoms with E-state index in [1.54, 1.807) is 0 Å². The van der Waals surface area contributed by atoms with Crippen LogP contribution < -0.4 is 0 Å². The standard InChI is InChI=1S/C32H26N2OS/c1-32(2,3)23-18-21-11-8-16-33-29(21)26(19-23)20-9-6-10-22(17-20)31-34-30-25(13-7-14-27(30)35-31)24-12-4-5-15-28(24)36/h4-19,36H,1-3H3. The van der Waals surface area contributed by atoms with E-state index in [1.165, 1.54) is 5.56 Å². The van der Waals surface area contributed by atoms with Crippen LogP contribution in [-0.4, -0.2) is 9.97 Å². The molecule has 0 amide bonds. The normalized spacial score (nSPS) is 11.9. The fourth-order valence-corrected chi connectivity index (χ4v) is 4.94. The van der Waals surface area contributed by atoms with Gasteiger partial charge >= 0.3 is 0 Å². The van der Waals surface area contributed by atoms with Gasteiger partial charge in [0.2, 0.25) is 5.89 Å². The molecule has 0 spiro atoms. The van der Waals surface area contributed by atoms with E-state index >= 15 is 0 Å². The molecule has 2 aromatic heterocycles. The largest absolute Gasteiger partial charge is 0.436 e. The summed E-state index contributed by atoms with van der Waals surface area (Å²) in [5.74, 6) is 0.597. The molecular formula is C32H26N2OS. The van der Waals surface area contributed by atoms with Gasteiger partial charge in [-0.2, -0.15) is 0 Å². The number of thiol groups is 1. The Morgan fingerprint density at radius 3 is 2.31 bits per heavy atom. The van der Waals surface area contributed by atoms with Gasteiger partial charge in [-0.05, 0) is 64.6 Å². The van der Waals surface area contributed by atoms with Gasteiger partial charge in [-0.15, -0.1) is 12.6 Å². The number of para-hydroxylation sites is 1. The number of pyridine rings is 1. The highest BCUT2D eigenvalue weighted by Gasteiger charge is 2.19.